The smallest absolute Gasteiger partial charge is 0.161 e. The van der Waals surface area contributed by atoms with E-state index in [9.17, 15) is 0 Å². The monoisotopic (exact) mass is 763 g/mol. The van der Waals surface area contributed by atoms with Gasteiger partial charge in [-0.2, -0.15) is 67.3 Å². The van der Waals surface area contributed by atoms with Gasteiger partial charge in [0.2, 0.25) is 0 Å². The van der Waals surface area contributed by atoms with Gasteiger partial charge in [-0.3, -0.25) is 0 Å². The number of hydrogen-bond acceptors (Lipinski definition) is 6. The van der Waals surface area contributed by atoms with Crippen molar-refractivity contribution in [2.75, 3.05) is 26.6 Å². The van der Waals surface area contributed by atoms with Gasteiger partial charge >= 0.3 is 0 Å². The Labute approximate surface area is 278 Å². The van der Waals surface area contributed by atoms with Crippen molar-refractivity contribution in [3.63, 3.8) is 0 Å². The summed E-state index contributed by atoms with van der Waals surface area (Å²) in [6.45, 7) is 6.20. The van der Waals surface area contributed by atoms with E-state index in [0.29, 0.717) is 0 Å². The molecular weight excluding hydrogens is 733 g/mol. The molecule has 0 bridgehead atoms. The topological polar surface area (TPSA) is 38.7 Å². The molecule has 1 aromatic heterocycles. The van der Waals surface area contributed by atoms with Crippen LogP contribution in [0.3, 0.4) is 0 Å². The van der Waals surface area contributed by atoms with Crippen LogP contribution in [0.4, 0.5) is 39.9 Å². The molecule has 0 fully saturated rings. The Morgan fingerprint density at radius 3 is 1.82 bits per heavy atom. The van der Waals surface area contributed by atoms with Crippen LogP contribution >= 0.6 is 0 Å². The first-order valence-electron chi connectivity index (χ1n) is 14.5. The average molecular weight is 763 g/mol. The summed E-state index contributed by atoms with van der Waals surface area (Å²) in [5, 5.41) is 0. The standard InChI is InChI=1S/C19H16N4.C19H14N2.Ir/c1-14-8-6-7-11-16(14)18-20-12-17-19(21-18)22(2)13-23(17)15-9-4-3-5-10-15;1-3-9-16(10-4-1)20-15-21(17-11-5-2-6-12-17)19-14-8-7-13-18(19)20;/h3-9,11-13H,1-2H3;1-11,13-15H;/q2*-2;. The number of hydrogen-bond donors (Lipinski definition) is 0. The van der Waals surface area contributed by atoms with Gasteiger partial charge in [0.1, 0.15) is 5.82 Å². The summed E-state index contributed by atoms with van der Waals surface area (Å²) >= 11 is 0. The Bertz CT molecular complexity index is 1800. The second-order valence-corrected chi connectivity index (χ2v) is 10.5. The third-order valence-electron chi connectivity index (χ3n) is 7.59. The van der Waals surface area contributed by atoms with Crippen molar-refractivity contribution in [2.45, 2.75) is 6.92 Å². The third-order valence-corrected chi connectivity index (χ3v) is 7.59. The van der Waals surface area contributed by atoms with Gasteiger partial charge in [-0.1, -0.05) is 54.6 Å². The second-order valence-electron chi connectivity index (χ2n) is 10.5. The molecule has 8 rings (SSSR count). The predicted octanol–water partition coefficient (Wildman–Crippen LogP) is 8.85. The molecule has 0 atom stereocenters. The minimum atomic E-state index is 0. The molecule has 7 heteroatoms. The number of aryl methyl sites for hydroxylation is 1. The van der Waals surface area contributed by atoms with Crippen LogP contribution in [-0.4, -0.2) is 17.0 Å². The number of rotatable bonds is 4. The summed E-state index contributed by atoms with van der Waals surface area (Å²) in [6.07, 6.45) is 1.88. The predicted molar refractivity (Wildman–Crippen MR) is 179 cm³/mol. The molecule has 1 radical (unpaired) electrons. The fourth-order valence-corrected chi connectivity index (χ4v) is 5.40. The van der Waals surface area contributed by atoms with Gasteiger partial charge in [0.15, 0.2) is 5.82 Å². The Morgan fingerprint density at radius 2 is 1.18 bits per heavy atom. The SMILES string of the molecule is Cc1ccccc1-c1ncc2c(n1)N(C)[CH-]N2c1[c-]cccc1.[Ir].[c-]1ccccc1N1[CH-]N(c2ccccc2)c2ccccc21. The van der Waals surface area contributed by atoms with E-state index in [1.54, 1.807) is 0 Å². The Balaban J connectivity index is 0.000000156. The van der Waals surface area contributed by atoms with E-state index in [2.05, 4.69) is 112 Å². The van der Waals surface area contributed by atoms with E-state index >= 15 is 0 Å². The van der Waals surface area contributed by atoms with Crippen molar-refractivity contribution >= 4 is 39.9 Å². The molecule has 3 heterocycles. The normalized spacial score (nSPS) is 13.0. The van der Waals surface area contributed by atoms with Crippen molar-refractivity contribution in [2.24, 2.45) is 0 Å². The fraction of sp³-hybridized carbons (Fsp3) is 0.0526. The summed E-state index contributed by atoms with van der Waals surface area (Å²) in [5.41, 5.74) is 8.73. The number of anilines is 7. The number of fused-ring (bicyclic) bond motifs is 2. The van der Waals surface area contributed by atoms with E-state index < -0.39 is 0 Å². The molecule has 6 nitrogen and oxygen atoms in total. The zero-order valence-electron chi connectivity index (χ0n) is 24.9. The van der Waals surface area contributed by atoms with Crippen LogP contribution in [0.1, 0.15) is 5.56 Å². The van der Waals surface area contributed by atoms with Gasteiger partial charge in [0.25, 0.3) is 0 Å². The maximum absolute atomic E-state index is 4.77. The van der Waals surface area contributed by atoms with Crippen LogP contribution < -0.4 is 19.6 Å². The molecule has 0 aliphatic carbocycles. The molecular formula is C38H30IrN6-4. The van der Waals surface area contributed by atoms with Crippen molar-refractivity contribution in [1.29, 1.82) is 0 Å². The van der Waals surface area contributed by atoms with Crippen LogP contribution in [0.25, 0.3) is 11.4 Å². The van der Waals surface area contributed by atoms with Crippen LogP contribution in [0.2, 0.25) is 0 Å². The first-order chi connectivity index (χ1) is 21.7. The van der Waals surface area contributed by atoms with Crippen LogP contribution in [-0.2, 0) is 20.1 Å². The quantitative estimate of drug-likeness (QED) is 0.167. The van der Waals surface area contributed by atoms with E-state index in [1.807, 2.05) is 85.5 Å². The molecule has 0 spiro atoms. The number of aromatic nitrogens is 2. The number of nitrogens with zero attached hydrogens (tertiary/aromatic N) is 6. The van der Waals surface area contributed by atoms with Gasteiger partial charge in [-0.15, -0.1) is 18.0 Å². The van der Waals surface area contributed by atoms with Crippen molar-refractivity contribution in [3.8, 4) is 11.4 Å². The summed E-state index contributed by atoms with van der Waals surface area (Å²) in [6, 6.07) is 49.4. The third kappa shape index (κ3) is 6.05. The van der Waals surface area contributed by atoms with E-state index in [1.165, 1.54) is 16.9 Å². The minimum absolute atomic E-state index is 0. The van der Waals surface area contributed by atoms with Gasteiger partial charge < -0.3 is 19.6 Å². The molecule has 45 heavy (non-hydrogen) atoms. The van der Waals surface area contributed by atoms with Crippen LogP contribution in [0, 0.1) is 32.4 Å². The second kappa shape index (κ2) is 13.3. The molecule has 0 N–H and O–H groups in total. The summed E-state index contributed by atoms with van der Waals surface area (Å²) < 4.78 is 0. The number of benzene rings is 5. The van der Waals surface area contributed by atoms with E-state index in [-0.39, 0.29) is 20.1 Å². The van der Waals surface area contributed by atoms with Gasteiger partial charge in [0.05, 0.1) is 11.9 Å². The maximum Gasteiger partial charge on any atom is 0.161 e. The Kier molecular flexibility index (Phi) is 8.92. The largest absolute Gasteiger partial charge is 0.493 e. The van der Waals surface area contributed by atoms with E-state index in [4.69, 9.17) is 4.98 Å². The van der Waals surface area contributed by atoms with Gasteiger partial charge in [-0.25, -0.2) is 9.97 Å². The van der Waals surface area contributed by atoms with Crippen LogP contribution in [0.15, 0.2) is 134 Å². The zero-order chi connectivity index (χ0) is 29.9. The fourth-order valence-electron chi connectivity index (χ4n) is 5.40. The molecule has 2 aliphatic rings. The van der Waals surface area contributed by atoms with Gasteiger partial charge in [-0.05, 0) is 43.8 Å². The van der Waals surface area contributed by atoms with Crippen molar-refractivity contribution < 1.29 is 20.1 Å². The zero-order valence-corrected chi connectivity index (χ0v) is 27.3. The molecule has 0 unspecified atom stereocenters. The Hall–Kier alpha value is -4.97. The summed E-state index contributed by atoms with van der Waals surface area (Å²) in [4.78, 5) is 17.8. The van der Waals surface area contributed by atoms with Crippen molar-refractivity contribution in [1.82, 2.24) is 9.97 Å². The molecule has 2 aliphatic heterocycles. The van der Waals surface area contributed by atoms with E-state index in [0.717, 1.165) is 40.0 Å². The van der Waals surface area contributed by atoms with Gasteiger partial charge in [0, 0.05) is 42.7 Å². The molecule has 5 aromatic carbocycles. The molecule has 225 valence electrons. The van der Waals surface area contributed by atoms with Crippen molar-refractivity contribution in [3.05, 3.63) is 165 Å². The van der Waals surface area contributed by atoms with Crippen LogP contribution in [0.5, 0.6) is 0 Å². The Morgan fingerprint density at radius 1 is 0.600 bits per heavy atom. The first kappa shape index (κ1) is 30.1. The molecule has 0 saturated heterocycles. The summed E-state index contributed by atoms with van der Waals surface area (Å²) in [5.74, 6) is 1.65. The summed E-state index contributed by atoms with van der Waals surface area (Å²) in [7, 11) is 2.00. The molecule has 6 aromatic rings. The molecule has 0 saturated carbocycles. The maximum atomic E-state index is 4.77. The first-order valence-corrected chi connectivity index (χ1v) is 14.5. The minimum Gasteiger partial charge on any atom is -0.493 e. The number of para-hydroxylation sites is 5. The average Bonchev–Trinajstić information content (AvgIpc) is 3.64. The molecule has 0 amide bonds.